The van der Waals surface area contributed by atoms with Gasteiger partial charge in [0, 0.05) is 41.9 Å². The molecular formula is C18H18ClFN2O. The van der Waals surface area contributed by atoms with E-state index < -0.39 is 5.95 Å². The molecule has 1 fully saturated rings. The van der Waals surface area contributed by atoms with Crippen LogP contribution in [0.2, 0.25) is 5.02 Å². The number of carbonyl (C=O) groups is 1. The number of piperidine rings is 1. The van der Waals surface area contributed by atoms with Gasteiger partial charge in [-0.2, -0.15) is 4.39 Å². The number of aryl methyl sites for hydroxylation is 1. The van der Waals surface area contributed by atoms with E-state index in [1.54, 1.807) is 11.0 Å². The molecule has 0 spiro atoms. The number of hydrogen-bond acceptors (Lipinski definition) is 2. The molecule has 2 heterocycles. The lowest BCUT2D eigenvalue weighted by Gasteiger charge is -2.33. The first-order chi connectivity index (χ1) is 11.0. The second kappa shape index (κ2) is 6.67. The Labute approximate surface area is 140 Å². The summed E-state index contributed by atoms with van der Waals surface area (Å²) in [5.41, 5.74) is 2.73. The molecule has 5 heteroatoms. The fourth-order valence-corrected chi connectivity index (χ4v) is 3.46. The molecule has 0 saturated carbocycles. The van der Waals surface area contributed by atoms with Gasteiger partial charge in [-0.25, -0.2) is 4.98 Å². The van der Waals surface area contributed by atoms with Crippen molar-refractivity contribution in [1.29, 1.82) is 0 Å². The van der Waals surface area contributed by atoms with Gasteiger partial charge >= 0.3 is 0 Å². The maximum atomic E-state index is 13.2. The van der Waals surface area contributed by atoms with Crippen molar-refractivity contribution in [3.05, 3.63) is 64.2 Å². The summed E-state index contributed by atoms with van der Waals surface area (Å²) in [6.45, 7) is 3.39. The molecule has 1 aromatic heterocycles. The number of hydrogen-bond donors (Lipinski definition) is 0. The predicted molar refractivity (Wildman–Crippen MR) is 88.3 cm³/mol. The average molecular weight is 333 g/mol. The third-order valence-corrected chi connectivity index (χ3v) is 4.59. The van der Waals surface area contributed by atoms with E-state index in [4.69, 9.17) is 11.6 Å². The molecule has 1 atom stereocenters. The Hall–Kier alpha value is -1.94. The summed E-state index contributed by atoms with van der Waals surface area (Å²) in [5.74, 6) is -0.475. The van der Waals surface area contributed by atoms with Crippen LogP contribution in [-0.4, -0.2) is 28.9 Å². The molecule has 2 aromatic rings. The van der Waals surface area contributed by atoms with Gasteiger partial charge in [0.05, 0.1) is 0 Å². The minimum Gasteiger partial charge on any atom is -0.338 e. The molecular weight excluding hydrogens is 315 g/mol. The van der Waals surface area contributed by atoms with Gasteiger partial charge < -0.3 is 4.90 Å². The standard InChI is InChI=1S/C18H18ClFN2O/c1-12-9-15(19)4-5-16(12)14-3-2-8-22(11-14)18(23)13-6-7-21-17(20)10-13/h4-7,9-10,14H,2-3,8,11H2,1H3/t14-/m0/s1. The van der Waals surface area contributed by atoms with Crippen LogP contribution in [0.25, 0.3) is 0 Å². The number of pyridine rings is 1. The zero-order chi connectivity index (χ0) is 16.4. The Morgan fingerprint density at radius 1 is 1.35 bits per heavy atom. The van der Waals surface area contributed by atoms with Gasteiger partial charge in [0.25, 0.3) is 5.91 Å². The van der Waals surface area contributed by atoms with E-state index >= 15 is 0 Å². The highest BCUT2D eigenvalue weighted by Gasteiger charge is 2.26. The van der Waals surface area contributed by atoms with Crippen molar-refractivity contribution < 1.29 is 9.18 Å². The van der Waals surface area contributed by atoms with E-state index in [-0.39, 0.29) is 11.8 Å². The monoisotopic (exact) mass is 332 g/mol. The number of halogens is 2. The van der Waals surface area contributed by atoms with Crippen molar-refractivity contribution in [1.82, 2.24) is 9.88 Å². The Morgan fingerprint density at radius 2 is 2.17 bits per heavy atom. The van der Waals surface area contributed by atoms with Crippen LogP contribution >= 0.6 is 11.6 Å². The Balaban J connectivity index is 1.79. The summed E-state index contributed by atoms with van der Waals surface area (Å²) in [4.78, 5) is 17.9. The third kappa shape index (κ3) is 3.53. The lowest BCUT2D eigenvalue weighted by atomic mass is 9.88. The maximum absolute atomic E-state index is 13.2. The molecule has 1 aliphatic rings. The summed E-state index contributed by atoms with van der Waals surface area (Å²) in [5, 5.41) is 0.724. The molecule has 3 rings (SSSR count). The minimum absolute atomic E-state index is 0.136. The predicted octanol–water partition coefficient (Wildman–Crippen LogP) is 4.20. The van der Waals surface area contributed by atoms with Crippen LogP contribution in [0.5, 0.6) is 0 Å². The first kappa shape index (κ1) is 15.9. The van der Waals surface area contributed by atoms with E-state index in [0.29, 0.717) is 18.7 Å². The fraction of sp³-hybridized carbons (Fsp3) is 0.333. The number of amides is 1. The van der Waals surface area contributed by atoms with Gasteiger partial charge in [0.1, 0.15) is 0 Å². The van der Waals surface area contributed by atoms with Gasteiger partial charge in [-0.15, -0.1) is 0 Å². The Bertz CT molecular complexity index is 735. The van der Waals surface area contributed by atoms with Crippen LogP contribution in [0.4, 0.5) is 4.39 Å². The fourth-order valence-electron chi connectivity index (χ4n) is 3.23. The van der Waals surface area contributed by atoms with Crippen molar-refractivity contribution >= 4 is 17.5 Å². The summed E-state index contributed by atoms with van der Waals surface area (Å²) in [6, 6.07) is 8.64. The summed E-state index contributed by atoms with van der Waals surface area (Å²) in [7, 11) is 0. The highest BCUT2D eigenvalue weighted by Crippen LogP contribution is 2.31. The van der Waals surface area contributed by atoms with Crippen molar-refractivity contribution in [2.45, 2.75) is 25.7 Å². The summed E-state index contributed by atoms with van der Waals surface area (Å²) < 4.78 is 13.2. The molecule has 0 unspecified atom stereocenters. The highest BCUT2D eigenvalue weighted by molar-refractivity contribution is 6.30. The average Bonchev–Trinajstić information content (AvgIpc) is 2.54. The molecule has 120 valence electrons. The van der Waals surface area contributed by atoms with Gasteiger partial charge in [0.2, 0.25) is 5.95 Å². The van der Waals surface area contributed by atoms with Crippen LogP contribution in [0.15, 0.2) is 36.5 Å². The third-order valence-electron chi connectivity index (χ3n) is 4.35. The number of carbonyl (C=O) groups excluding carboxylic acids is 1. The smallest absolute Gasteiger partial charge is 0.254 e. The summed E-state index contributed by atoms with van der Waals surface area (Å²) in [6.07, 6.45) is 3.30. The van der Waals surface area contributed by atoms with E-state index in [9.17, 15) is 9.18 Å². The second-order valence-electron chi connectivity index (χ2n) is 5.96. The molecule has 1 saturated heterocycles. The quantitative estimate of drug-likeness (QED) is 0.772. The Kier molecular flexibility index (Phi) is 4.62. The Morgan fingerprint density at radius 3 is 2.91 bits per heavy atom. The maximum Gasteiger partial charge on any atom is 0.254 e. The number of likely N-dealkylation sites (tertiary alicyclic amines) is 1. The van der Waals surface area contributed by atoms with Crippen molar-refractivity contribution in [2.75, 3.05) is 13.1 Å². The molecule has 0 aliphatic carbocycles. The minimum atomic E-state index is -0.627. The van der Waals surface area contributed by atoms with Gasteiger partial charge in [-0.3, -0.25) is 4.79 Å². The second-order valence-corrected chi connectivity index (χ2v) is 6.39. The lowest BCUT2D eigenvalue weighted by molar-refractivity contribution is 0.0706. The highest BCUT2D eigenvalue weighted by atomic mass is 35.5. The zero-order valence-corrected chi connectivity index (χ0v) is 13.7. The zero-order valence-electron chi connectivity index (χ0n) is 12.9. The van der Waals surface area contributed by atoms with Gasteiger partial charge in [-0.05, 0) is 49.1 Å². The number of nitrogens with zero attached hydrogens (tertiary/aromatic N) is 2. The SMILES string of the molecule is Cc1cc(Cl)ccc1[C@H]1CCCN(C(=O)c2ccnc(F)c2)C1. The lowest BCUT2D eigenvalue weighted by Crippen LogP contribution is -2.39. The molecule has 23 heavy (non-hydrogen) atoms. The van der Waals surface area contributed by atoms with Crippen molar-refractivity contribution in [3.63, 3.8) is 0 Å². The largest absolute Gasteiger partial charge is 0.338 e. The van der Waals surface area contributed by atoms with Crippen LogP contribution < -0.4 is 0 Å². The molecule has 1 aliphatic heterocycles. The van der Waals surface area contributed by atoms with Crippen LogP contribution in [0.1, 0.15) is 40.2 Å². The topological polar surface area (TPSA) is 33.2 Å². The van der Waals surface area contributed by atoms with E-state index in [0.717, 1.165) is 23.4 Å². The van der Waals surface area contributed by atoms with Crippen LogP contribution in [-0.2, 0) is 0 Å². The molecule has 1 amide bonds. The molecule has 0 bridgehead atoms. The van der Waals surface area contributed by atoms with E-state index in [1.165, 1.54) is 17.8 Å². The summed E-state index contributed by atoms with van der Waals surface area (Å²) >= 11 is 6.02. The number of rotatable bonds is 2. The molecule has 0 radical (unpaired) electrons. The number of benzene rings is 1. The van der Waals surface area contributed by atoms with Crippen LogP contribution in [0.3, 0.4) is 0 Å². The van der Waals surface area contributed by atoms with Crippen LogP contribution in [0, 0.1) is 12.9 Å². The first-order valence-corrected chi connectivity index (χ1v) is 8.09. The first-order valence-electron chi connectivity index (χ1n) is 7.71. The van der Waals surface area contributed by atoms with Crippen molar-refractivity contribution in [3.8, 4) is 0 Å². The normalized spacial score (nSPS) is 18.0. The van der Waals surface area contributed by atoms with E-state index in [1.807, 2.05) is 25.1 Å². The number of aromatic nitrogens is 1. The van der Waals surface area contributed by atoms with Crippen molar-refractivity contribution in [2.24, 2.45) is 0 Å². The van der Waals surface area contributed by atoms with Gasteiger partial charge in [-0.1, -0.05) is 17.7 Å². The molecule has 1 aromatic carbocycles. The van der Waals surface area contributed by atoms with E-state index in [2.05, 4.69) is 4.98 Å². The molecule has 3 nitrogen and oxygen atoms in total. The molecule has 0 N–H and O–H groups in total. The van der Waals surface area contributed by atoms with Gasteiger partial charge in [0.15, 0.2) is 0 Å².